The molecule has 0 saturated heterocycles. The van der Waals surface area contributed by atoms with Gasteiger partial charge in [-0.25, -0.2) is 13.1 Å². The molecule has 0 aromatic carbocycles. The lowest BCUT2D eigenvalue weighted by atomic mass is 10.0. The van der Waals surface area contributed by atoms with Gasteiger partial charge in [0.1, 0.15) is 0 Å². The van der Waals surface area contributed by atoms with Crippen LogP contribution in [0, 0.1) is 10.8 Å². The third kappa shape index (κ3) is 2.19. The van der Waals surface area contributed by atoms with Gasteiger partial charge in [-0.15, -0.1) is 0 Å². The Balaban J connectivity index is 2.26. The number of nitrogens with zero attached hydrogens (tertiary/aromatic N) is 1. The van der Waals surface area contributed by atoms with Crippen molar-refractivity contribution >= 4 is 10.0 Å². The molecule has 2 rings (SSSR count). The predicted molar refractivity (Wildman–Crippen MR) is 79.7 cm³/mol. The van der Waals surface area contributed by atoms with E-state index in [0.717, 1.165) is 5.69 Å². The Kier molecular flexibility index (Phi) is 3.56. The number of nitrogens with one attached hydrogen (secondary N) is 1. The second-order valence-corrected chi connectivity index (χ2v) is 8.37. The van der Waals surface area contributed by atoms with E-state index in [2.05, 4.69) is 32.4 Å². The Morgan fingerprint density at radius 1 is 1.30 bits per heavy atom. The van der Waals surface area contributed by atoms with Gasteiger partial charge in [0.05, 0.1) is 4.90 Å². The first-order valence-corrected chi connectivity index (χ1v) is 8.47. The van der Waals surface area contributed by atoms with Crippen LogP contribution in [0.4, 0.5) is 0 Å². The molecule has 0 bridgehead atoms. The maximum atomic E-state index is 12.5. The minimum Gasteiger partial charge on any atom is -0.349 e. The number of nitrogens with two attached hydrogens (primary N) is 1. The van der Waals surface area contributed by atoms with Crippen LogP contribution in [-0.4, -0.2) is 19.0 Å². The Morgan fingerprint density at radius 2 is 1.85 bits per heavy atom. The number of sulfonamides is 1. The molecule has 0 unspecified atom stereocenters. The van der Waals surface area contributed by atoms with Crippen molar-refractivity contribution in [3.8, 4) is 0 Å². The molecule has 6 heteroatoms. The number of hydrogen-bond acceptors (Lipinski definition) is 3. The van der Waals surface area contributed by atoms with Crippen LogP contribution in [-0.2, 0) is 23.1 Å². The lowest BCUT2D eigenvalue weighted by Gasteiger charge is -2.06. The highest BCUT2D eigenvalue weighted by Gasteiger charge is 2.66. The molecule has 20 heavy (non-hydrogen) atoms. The van der Waals surface area contributed by atoms with Crippen molar-refractivity contribution in [3.05, 3.63) is 18.0 Å². The quantitative estimate of drug-likeness (QED) is 0.868. The molecule has 1 fully saturated rings. The van der Waals surface area contributed by atoms with E-state index in [1.807, 2.05) is 11.5 Å². The summed E-state index contributed by atoms with van der Waals surface area (Å²) < 4.78 is 29.7. The van der Waals surface area contributed by atoms with E-state index in [9.17, 15) is 8.42 Å². The Hall–Kier alpha value is -0.850. The van der Waals surface area contributed by atoms with Gasteiger partial charge in [0.25, 0.3) is 0 Å². The summed E-state index contributed by atoms with van der Waals surface area (Å²) in [7, 11) is -3.49. The summed E-state index contributed by atoms with van der Waals surface area (Å²) in [5.41, 5.74) is 6.43. The lowest BCUT2D eigenvalue weighted by molar-refractivity contribution is 0.457. The molecule has 1 aliphatic rings. The summed E-state index contributed by atoms with van der Waals surface area (Å²) in [5, 5.41) is 0. The van der Waals surface area contributed by atoms with Gasteiger partial charge in [0, 0.05) is 31.0 Å². The lowest BCUT2D eigenvalue weighted by Crippen LogP contribution is -2.29. The van der Waals surface area contributed by atoms with Crippen LogP contribution >= 0.6 is 0 Å². The average Bonchev–Trinajstić information content (AvgIpc) is 2.75. The van der Waals surface area contributed by atoms with E-state index in [0.29, 0.717) is 18.0 Å². The summed E-state index contributed by atoms with van der Waals surface area (Å²) >= 11 is 0. The summed E-state index contributed by atoms with van der Waals surface area (Å²) in [6, 6.07) is 1.63. The molecule has 1 aromatic heterocycles. The van der Waals surface area contributed by atoms with E-state index in [4.69, 9.17) is 5.73 Å². The maximum absolute atomic E-state index is 12.5. The molecule has 0 spiro atoms. The van der Waals surface area contributed by atoms with E-state index in [-0.39, 0.29) is 16.9 Å². The first kappa shape index (κ1) is 15.5. The largest absolute Gasteiger partial charge is 0.349 e. The van der Waals surface area contributed by atoms with Gasteiger partial charge >= 0.3 is 0 Å². The molecule has 0 radical (unpaired) electrons. The van der Waals surface area contributed by atoms with Crippen LogP contribution in [0.25, 0.3) is 0 Å². The highest BCUT2D eigenvalue weighted by Crippen LogP contribution is 2.62. The van der Waals surface area contributed by atoms with Crippen molar-refractivity contribution < 1.29 is 8.42 Å². The molecule has 0 aliphatic heterocycles. The molecular formula is C14H25N3O2S. The molecule has 3 N–H and O–H groups in total. The second-order valence-electron chi connectivity index (χ2n) is 6.65. The highest BCUT2D eigenvalue weighted by molar-refractivity contribution is 7.89. The number of aromatic nitrogens is 1. The summed E-state index contributed by atoms with van der Waals surface area (Å²) in [6.07, 6.45) is 1.66. The minimum absolute atomic E-state index is 0.0237. The average molecular weight is 299 g/mol. The minimum atomic E-state index is -3.49. The van der Waals surface area contributed by atoms with Crippen molar-refractivity contribution in [1.82, 2.24) is 9.29 Å². The molecule has 5 nitrogen and oxygen atoms in total. The van der Waals surface area contributed by atoms with Crippen molar-refractivity contribution in [2.75, 3.05) is 0 Å². The Bertz CT molecular complexity index is 579. The van der Waals surface area contributed by atoms with Crippen molar-refractivity contribution in [1.29, 1.82) is 0 Å². The molecule has 0 atom stereocenters. The zero-order chi connectivity index (χ0) is 15.3. The SMILES string of the molecule is CCn1cc(S(=O)(=O)NC2C(C)(C)C2(C)C)cc1CN. The summed E-state index contributed by atoms with van der Waals surface area (Å²) in [4.78, 5) is 0.304. The van der Waals surface area contributed by atoms with Crippen molar-refractivity contribution in [3.63, 3.8) is 0 Å². The normalized spacial score (nSPS) is 21.1. The van der Waals surface area contributed by atoms with E-state index in [1.165, 1.54) is 0 Å². The monoisotopic (exact) mass is 299 g/mol. The number of hydrogen-bond donors (Lipinski definition) is 2. The van der Waals surface area contributed by atoms with Crippen LogP contribution in [0.5, 0.6) is 0 Å². The molecule has 0 amide bonds. The van der Waals surface area contributed by atoms with Crippen molar-refractivity contribution in [2.45, 2.75) is 58.6 Å². The number of aryl methyl sites for hydroxylation is 1. The van der Waals surface area contributed by atoms with Gasteiger partial charge < -0.3 is 10.3 Å². The Labute approximate surface area is 121 Å². The first-order valence-electron chi connectivity index (χ1n) is 6.99. The van der Waals surface area contributed by atoms with Crippen LogP contribution < -0.4 is 10.5 Å². The molecular weight excluding hydrogens is 274 g/mol. The third-order valence-electron chi connectivity index (χ3n) is 5.11. The third-order valence-corrected chi connectivity index (χ3v) is 6.50. The van der Waals surface area contributed by atoms with Crippen LogP contribution in [0.2, 0.25) is 0 Å². The first-order chi connectivity index (χ1) is 9.07. The van der Waals surface area contributed by atoms with Gasteiger partial charge in [0.15, 0.2) is 0 Å². The maximum Gasteiger partial charge on any atom is 0.242 e. The topological polar surface area (TPSA) is 77.1 Å². The fourth-order valence-electron chi connectivity index (χ4n) is 2.85. The van der Waals surface area contributed by atoms with E-state index < -0.39 is 10.0 Å². The smallest absolute Gasteiger partial charge is 0.242 e. The van der Waals surface area contributed by atoms with Crippen LogP contribution in [0.3, 0.4) is 0 Å². The van der Waals surface area contributed by atoms with Crippen LogP contribution in [0.15, 0.2) is 17.2 Å². The predicted octanol–water partition coefficient (Wildman–Crippen LogP) is 1.68. The molecule has 1 aliphatic carbocycles. The van der Waals surface area contributed by atoms with E-state index in [1.54, 1.807) is 12.3 Å². The molecule has 1 aromatic rings. The second kappa shape index (κ2) is 4.58. The fourth-order valence-corrected chi connectivity index (χ4v) is 4.45. The van der Waals surface area contributed by atoms with Gasteiger partial charge in [-0.05, 0) is 23.8 Å². The number of rotatable bonds is 5. The Morgan fingerprint density at radius 3 is 2.20 bits per heavy atom. The molecule has 114 valence electrons. The van der Waals surface area contributed by atoms with Gasteiger partial charge in [-0.3, -0.25) is 0 Å². The van der Waals surface area contributed by atoms with Crippen LogP contribution in [0.1, 0.15) is 40.3 Å². The van der Waals surface area contributed by atoms with Gasteiger partial charge in [-0.2, -0.15) is 0 Å². The zero-order valence-electron chi connectivity index (χ0n) is 12.9. The highest BCUT2D eigenvalue weighted by atomic mass is 32.2. The summed E-state index contributed by atoms with van der Waals surface area (Å²) in [6.45, 7) is 11.4. The van der Waals surface area contributed by atoms with Gasteiger partial charge in [0.2, 0.25) is 10.0 Å². The van der Waals surface area contributed by atoms with Crippen molar-refractivity contribution in [2.24, 2.45) is 16.6 Å². The summed E-state index contributed by atoms with van der Waals surface area (Å²) in [5.74, 6) is 0. The molecule has 1 heterocycles. The molecule has 1 saturated carbocycles. The fraction of sp³-hybridized carbons (Fsp3) is 0.714. The standard InChI is InChI=1S/C14H25N3O2S/c1-6-17-9-11(7-10(17)8-15)20(18,19)16-12-13(2,3)14(12,4)5/h7,9,12,16H,6,8,15H2,1-5H3. The zero-order valence-corrected chi connectivity index (χ0v) is 13.7. The van der Waals surface area contributed by atoms with Gasteiger partial charge in [-0.1, -0.05) is 27.7 Å². The van der Waals surface area contributed by atoms with E-state index >= 15 is 0 Å².